The summed E-state index contributed by atoms with van der Waals surface area (Å²) < 4.78 is 0. The molecule has 2 aromatic rings. The molecule has 1 aromatic carbocycles. The molecule has 0 bridgehead atoms. The van der Waals surface area contributed by atoms with E-state index in [4.69, 9.17) is 5.26 Å². The smallest absolute Gasteiger partial charge is 0.308 e. The van der Waals surface area contributed by atoms with Gasteiger partial charge in [-0.2, -0.15) is 10.4 Å². The van der Waals surface area contributed by atoms with Crippen molar-refractivity contribution in [2.45, 2.75) is 13.3 Å². The Morgan fingerprint density at radius 3 is 2.74 bits per heavy atom. The Morgan fingerprint density at radius 2 is 2.11 bits per heavy atom. The van der Waals surface area contributed by atoms with Gasteiger partial charge in [0.25, 0.3) is 0 Å². The lowest BCUT2D eigenvalue weighted by Gasteiger charge is -2.07. The lowest BCUT2D eigenvalue weighted by atomic mass is 10.2. The second kappa shape index (κ2) is 5.69. The first kappa shape index (κ1) is 12.6. The van der Waals surface area contributed by atoms with Gasteiger partial charge in [0.05, 0.1) is 17.8 Å². The molecule has 1 aromatic heterocycles. The molecule has 0 unspecified atom stereocenters. The number of amides is 2. The van der Waals surface area contributed by atoms with E-state index in [1.54, 1.807) is 30.5 Å². The number of carbonyl (C=O) groups is 1. The van der Waals surface area contributed by atoms with E-state index in [1.807, 2.05) is 13.0 Å². The van der Waals surface area contributed by atoms with Crippen molar-refractivity contribution in [1.29, 1.82) is 5.26 Å². The van der Waals surface area contributed by atoms with Crippen molar-refractivity contribution >= 4 is 17.5 Å². The maximum absolute atomic E-state index is 11.8. The Hall–Kier alpha value is -2.81. The lowest BCUT2D eigenvalue weighted by molar-refractivity contribution is 0.262. The van der Waals surface area contributed by atoms with E-state index < -0.39 is 0 Å². The van der Waals surface area contributed by atoms with Gasteiger partial charge < -0.3 is 5.32 Å². The van der Waals surface area contributed by atoms with Crippen LogP contribution < -0.4 is 10.6 Å². The summed E-state index contributed by atoms with van der Waals surface area (Å²) in [5.41, 5.74) is 2.11. The van der Waals surface area contributed by atoms with Gasteiger partial charge in [0.2, 0.25) is 0 Å². The van der Waals surface area contributed by atoms with Gasteiger partial charge in [-0.3, -0.25) is 10.4 Å². The van der Waals surface area contributed by atoms with Crippen molar-refractivity contribution < 1.29 is 4.79 Å². The summed E-state index contributed by atoms with van der Waals surface area (Å²) in [6, 6.07) is 8.29. The Morgan fingerprint density at radius 1 is 1.37 bits per heavy atom. The minimum absolute atomic E-state index is 0.358. The number of rotatable bonds is 3. The Bertz CT molecular complexity index is 609. The standard InChI is InChI=1S/C13H13N5O/c1-2-10-8-15-18-12(10)17-13(19)16-11-5-3-9(7-14)4-6-11/h3-6,8H,2H2,1H3,(H3,15,16,17,18,19). The van der Waals surface area contributed by atoms with E-state index in [1.165, 1.54) is 0 Å². The molecular weight excluding hydrogens is 242 g/mol. The fourth-order valence-corrected chi connectivity index (χ4v) is 1.59. The fraction of sp³-hybridized carbons (Fsp3) is 0.154. The summed E-state index contributed by atoms with van der Waals surface area (Å²) in [6.07, 6.45) is 2.46. The summed E-state index contributed by atoms with van der Waals surface area (Å²) in [6.45, 7) is 1.98. The van der Waals surface area contributed by atoms with Crippen molar-refractivity contribution in [3.8, 4) is 6.07 Å². The molecule has 0 radical (unpaired) electrons. The SMILES string of the molecule is CCc1cn[nH]c1NC(=O)Nc1ccc(C#N)cc1. The number of nitrogens with zero attached hydrogens (tertiary/aromatic N) is 2. The van der Waals surface area contributed by atoms with Crippen molar-refractivity contribution in [3.05, 3.63) is 41.6 Å². The minimum Gasteiger partial charge on any atom is -0.308 e. The van der Waals surface area contributed by atoms with Crippen molar-refractivity contribution in [2.24, 2.45) is 0 Å². The topological polar surface area (TPSA) is 93.6 Å². The second-order valence-electron chi connectivity index (χ2n) is 3.89. The van der Waals surface area contributed by atoms with Gasteiger partial charge in [-0.15, -0.1) is 0 Å². The van der Waals surface area contributed by atoms with Crippen LogP contribution in [0.2, 0.25) is 0 Å². The number of urea groups is 1. The van der Waals surface area contributed by atoms with E-state index in [-0.39, 0.29) is 6.03 Å². The molecule has 96 valence electrons. The van der Waals surface area contributed by atoms with Gasteiger partial charge in [0, 0.05) is 11.3 Å². The number of nitrogens with one attached hydrogen (secondary N) is 3. The molecule has 0 aliphatic carbocycles. The summed E-state index contributed by atoms with van der Waals surface area (Å²) in [5, 5.41) is 20.6. The number of hydrogen-bond donors (Lipinski definition) is 3. The van der Waals surface area contributed by atoms with Crippen LogP contribution in [0.4, 0.5) is 16.3 Å². The molecule has 0 aliphatic rings. The Balaban J connectivity index is 1.99. The number of benzene rings is 1. The molecule has 1 heterocycles. The second-order valence-corrected chi connectivity index (χ2v) is 3.89. The molecule has 6 heteroatoms. The number of carbonyl (C=O) groups excluding carboxylic acids is 1. The average Bonchev–Trinajstić information content (AvgIpc) is 2.86. The third-order valence-electron chi connectivity index (χ3n) is 2.61. The van der Waals surface area contributed by atoms with E-state index >= 15 is 0 Å². The number of hydrogen-bond acceptors (Lipinski definition) is 3. The van der Waals surface area contributed by atoms with Crippen molar-refractivity contribution in [3.63, 3.8) is 0 Å². The molecular formula is C13H13N5O. The first-order valence-electron chi connectivity index (χ1n) is 5.83. The Kier molecular flexibility index (Phi) is 3.78. The summed E-state index contributed by atoms with van der Waals surface area (Å²) in [7, 11) is 0. The normalized spacial score (nSPS) is 9.68. The molecule has 0 atom stereocenters. The predicted molar refractivity (Wildman–Crippen MR) is 71.8 cm³/mol. The van der Waals surface area contributed by atoms with Crippen LogP contribution in [0.25, 0.3) is 0 Å². The molecule has 0 aliphatic heterocycles. The van der Waals surface area contributed by atoms with Gasteiger partial charge in [-0.05, 0) is 30.7 Å². The molecule has 0 saturated carbocycles. The van der Waals surface area contributed by atoms with Gasteiger partial charge in [0.15, 0.2) is 0 Å². The summed E-state index contributed by atoms with van der Waals surface area (Å²) >= 11 is 0. The first-order valence-corrected chi connectivity index (χ1v) is 5.83. The number of nitriles is 1. The molecule has 3 N–H and O–H groups in total. The largest absolute Gasteiger partial charge is 0.324 e. The van der Waals surface area contributed by atoms with Crippen LogP contribution in [0.3, 0.4) is 0 Å². The highest BCUT2D eigenvalue weighted by molar-refractivity contribution is 5.99. The molecule has 19 heavy (non-hydrogen) atoms. The lowest BCUT2D eigenvalue weighted by Crippen LogP contribution is -2.20. The number of H-pyrrole nitrogens is 1. The molecule has 6 nitrogen and oxygen atoms in total. The molecule has 0 fully saturated rings. The quantitative estimate of drug-likeness (QED) is 0.786. The third-order valence-corrected chi connectivity index (χ3v) is 2.61. The predicted octanol–water partition coefficient (Wildman–Crippen LogP) is 2.49. The van der Waals surface area contributed by atoms with Gasteiger partial charge in [-0.25, -0.2) is 4.79 Å². The molecule has 2 rings (SSSR count). The van der Waals surface area contributed by atoms with Crippen LogP contribution in [0, 0.1) is 11.3 Å². The van der Waals surface area contributed by atoms with Gasteiger partial charge in [0.1, 0.15) is 5.82 Å². The zero-order chi connectivity index (χ0) is 13.7. The van der Waals surface area contributed by atoms with Crippen LogP contribution in [0.15, 0.2) is 30.5 Å². The maximum Gasteiger partial charge on any atom is 0.324 e. The van der Waals surface area contributed by atoms with Crippen LogP contribution >= 0.6 is 0 Å². The number of aromatic amines is 1. The monoisotopic (exact) mass is 255 g/mol. The fourth-order valence-electron chi connectivity index (χ4n) is 1.59. The van der Waals surface area contributed by atoms with Crippen LogP contribution in [0.1, 0.15) is 18.1 Å². The average molecular weight is 255 g/mol. The highest BCUT2D eigenvalue weighted by Crippen LogP contribution is 2.13. The van der Waals surface area contributed by atoms with Crippen molar-refractivity contribution in [1.82, 2.24) is 10.2 Å². The highest BCUT2D eigenvalue weighted by atomic mass is 16.2. The van der Waals surface area contributed by atoms with Crippen LogP contribution in [0.5, 0.6) is 0 Å². The zero-order valence-corrected chi connectivity index (χ0v) is 10.4. The first-order chi connectivity index (χ1) is 9.22. The highest BCUT2D eigenvalue weighted by Gasteiger charge is 2.07. The van der Waals surface area contributed by atoms with E-state index in [0.717, 1.165) is 12.0 Å². The number of aryl methyl sites for hydroxylation is 1. The van der Waals surface area contributed by atoms with Gasteiger partial charge in [-0.1, -0.05) is 6.92 Å². The molecule has 2 amide bonds. The third kappa shape index (κ3) is 3.10. The van der Waals surface area contributed by atoms with Gasteiger partial charge >= 0.3 is 6.03 Å². The minimum atomic E-state index is -0.358. The number of anilines is 2. The maximum atomic E-state index is 11.8. The summed E-state index contributed by atoms with van der Waals surface area (Å²) in [5.74, 6) is 0.591. The van der Waals surface area contributed by atoms with E-state index in [2.05, 4.69) is 20.8 Å². The van der Waals surface area contributed by atoms with Crippen LogP contribution in [-0.2, 0) is 6.42 Å². The molecule has 0 saturated heterocycles. The van der Waals surface area contributed by atoms with E-state index in [0.29, 0.717) is 17.1 Å². The van der Waals surface area contributed by atoms with E-state index in [9.17, 15) is 4.79 Å². The Labute approximate surface area is 110 Å². The van der Waals surface area contributed by atoms with Crippen LogP contribution in [-0.4, -0.2) is 16.2 Å². The molecule has 0 spiro atoms. The van der Waals surface area contributed by atoms with Crippen molar-refractivity contribution in [2.75, 3.05) is 10.6 Å². The summed E-state index contributed by atoms with van der Waals surface area (Å²) in [4.78, 5) is 11.8. The zero-order valence-electron chi connectivity index (χ0n) is 10.4. The number of aromatic nitrogens is 2.